The number of pyridine rings is 1. The quantitative estimate of drug-likeness (QED) is 0.169. The Labute approximate surface area is 266 Å². The van der Waals surface area contributed by atoms with Gasteiger partial charge in [-0.2, -0.15) is 0 Å². The second kappa shape index (κ2) is 13.5. The van der Waals surface area contributed by atoms with E-state index in [0.717, 1.165) is 60.4 Å². The van der Waals surface area contributed by atoms with E-state index in [-0.39, 0.29) is 5.82 Å². The van der Waals surface area contributed by atoms with Crippen molar-refractivity contribution in [3.63, 3.8) is 0 Å². The summed E-state index contributed by atoms with van der Waals surface area (Å²) in [5, 5.41) is 0. The van der Waals surface area contributed by atoms with Gasteiger partial charge in [-0.05, 0) is 88.4 Å². The lowest BCUT2D eigenvalue weighted by Crippen LogP contribution is -1.97. The van der Waals surface area contributed by atoms with Gasteiger partial charge in [-0.1, -0.05) is 125 Å². The Bertz CT molecular complexity index is 1960. The van der Waals surface area contributed by atoms with Crippen molar-refractivity contribution in [1.29, 1.82) is 0 Å². The second-order valence-electron chi connectivity index (χ2n) is 10.5. The predicted octanol–water partition coefficient (Wildman–Crippen LogP) is 10.6. The van der Waals surface area contributed by atoms with Gasteiger partial charge in [0, 0.05) is 21.3 Å². The van der Waals surface area contributed by atoms with E-state index in [1.807, 2.05) is 72.8 Å². The molecule has 0 fully saturated rings. The van der Waals surface area contributed by atoms with Crippen LogP contribution in [0.3, 0.4) is 0 Å². The van der Waals surface area contributed by atoms with Crippen LogP contribution in [0.2, 0.25) is 0 Å². The van der Waals surface area contributed by atoms with Crippen LogP contribution in [0.4, 0.5) is 4.39 Å². The van der Waals surface area contributed by atoms with E-state index in [4.69, 9.17) is 10.7 Å². The van der Waals surface area contributed by atoms with Crippen molar-refractivity contribution in [3.05, 3.63) is 185 Å². The molecule has 214 valence electrons. The van der Waals surface area contributed by atoms with Crippen LogP contribution in [0.25, 0.3) is 44.9 Å². The molecule has 6 rings (SSSR count). The number of aromatic nitrogens is 1. The third-order valence-electron chi connectivity index (χ3n) is 7.41. The van der Waals surface area contributed by atoms with Gasteiger partial charge in [-0.3, -0.25) is 0 Å². The maximum absolute atomic E-state index is 14.0. The molecule has 0 spiro atoms. The SMILES string of the molecule is N/C(=C\C(=C/Cc1cccc(F)c1)c1cccc(-c2cc(-c3ccccc3)nc(-c3cccc(Br)c3)c2)c1)c1ccccc1. The summed E-state index contributed by atoms with van der Waals surface area (Å²) < 4.78 is 15.0. The van der Waals surface area contributed by atoms with E-state index in [1.165, 1.54) is 6.07 Å². The first-order chi connectivity index (χ1) is 21.5. The average molecular weight is 638 g/mol. The lowest BCUT2D eigenvalue weighted by Gasteiger charge is -2.13. The molecule has 0 aliphatic heterocycles. The lowest BCUT2D eigenvalue weighted by atomic mass is 9.95. The van der Waals surface area contributed by atoms with Gasteiger partial charge >= 0.3 is 0 Å². The molecule has 0 saturated carbocycles. The molecular weight excluding hydrogens is 607 g/mol. The minimum Gasteiger partial charge on any atom is -0.398 e. The first-order valence-electron chi connectivity index (χ1n) is 14.4. The van der Waals surface area contributed by atoms with Crippen LogP contribution in [0, 0.1) is 5.82 Å². The topological polar surface area (TPSA) is 38.9 Å². The zero-order valence-electron chi connectivity index (χ0n) is 24.0. The van der Waals surface area contributed by atoms with Crippen molar-refractivity contribution in [3.8, 4) is 33.6 Å². The van der Waals surface area contributed by atoms with Gasteiger partial charge in [-0.25, -0.2) is 9.37 Å². The summed E-state index contributed by atoms with van der Waals surface area (Å²) in [6.07, 6.45) is 4.68. The first kappa shape index (κ1) is 29.0. The van der Waals surface area contributed by atoms with Crippen LogP contribution in [0.5, 0.6) is 0 Å². The number of hydrogen-bond donors (Lipinski definition) is 1. The Balaban J connectivity index is 1.46. The van der Waals surface area contributed by atoms with Gasteiger partial charge in [0.1, 0.15) is 5.82 Å². The van der Waals surface area contributed by atoms with Crippen molar-refractivity contribution >= 4 is 27.2 Å². The van der Waals surface area contributed by atoms with Crippen LogP contribution in [-0.4, -0.2) is 4.98 Å². The molecule has 0 bridgehead atoms. The molecule has 44 heavy (non-hydrogen) atoms. The highest BCUT2D eigenvalue weighted by atomic mass is 79.9. The minimum absolute atomic E-state index is 0.244. The number of allylic oxidation sites excluding steroid dienone is 3. The maximum atomic E-state index is 14.0. The monoisotopic (exact) mass is 636 g/mol. The van der Waals surface area contributed by atoms with Gasteiger partial charge in [0.25, 0.3) is 0 Å². The number of benzene rings is 5. The van der Waals surface area contributed by atoms with Crippen LogP contribution in [-0.2, 0) is 6.42 Å². The van der Waals surface area contributed by atoms with Gasteiger partial charge in [0.05, 0.1) is 11.4 Å². The maximum Gasteiger partial charge on any atom is 0.123 e. The fourth-order valence-electron chi connectivity index (χ4n) is 5.16. The summed E-state index contributed by atoms with van der Waals surface area (Å²) in [6.45, 7) is 0. The molecule has 0 amide bonds. The molecule has 5 aromatic carbocycles. The predicted molar refractivity (Wildman–Crippen MR) is 185 cm³/mol. The molecule has 1 heterocycles. The third kappa shape index (κ3) is 7.11. The highest BCUT2D eigenvalue weighted by Crippen LogP contribution is 2.33. The van der Waals surface area contributed by atoms with Crippen LogP contribution in [0.1, 0.15) is 16.7 Å². The molecule has 4 heteroatoms. The molecule has 2 nitrogen and oxygen atoms in total. The summed E-state index contributed by atoms with van der Waals surface area (Å²) in [5.41, 5.74) is 17.1. The summed E-state index contributed by atoms with van der Waals surface area (Å²) in [7, 11) is 0. The van der Waals surface area contributed by atoms with Crippen molar-refractivity contribution in [2.24, 2.45) is 5.73 Å². The fourth-order valence-corrected chi connectivity index (χ4v) is 5.56. The van der Waals surface area contributed by atoms with Gasteiger partial charge in [-0.15, -0.1) is 0 Å². The molecule has 0 unspecified atom stereocenters. The zero-order chi connectivity index (χ0) is 30.3. The van der Waals surface area contributed by atoms with E-state index >= 15 is 0 Å². The van der Waals surface area contributed by atoms with E-state index in [0.29, 0.717) is 12.1 Å². The molecule has 1 aromatic heterocycles. The molecule has 0 aliphatic rings. The number of rotatable bonds is 8. The number of halogens is 2. The molecule has 0 radical (unpaired) electrons. The van der Waals surface area contributed by atoms with E-state index in [9.17, 15) is 4.39 Å². The van der Waals surface area contributed by atoms with Gasteiger partial charge in [0.15, 0.2) is 0 Å². The zero-order valence-corrected chi connectivity index (χ0v) is 25.6. The van der Waals surface area contributed by atoms with Gasteiger partial charge < -0.3 is 5.73 Å². The normalized spacial score (nSPS) is 11.9. The number of nitrogens with two attached hydrogens (primary N) is 1. The molecule has 6 aromatic rings. The number of nitrogens with zero attached hydrogens (tertiary/aromatic N) is 1. The molecule has 0 atom stereocenters. The minimum atomic E-state index is -0.244. The Morgan fingerprint density at radius 3 is 2.00 bits per heavy atom. The first-order valence-corrected chi connectivity index (χ1v) is 15.2. The average Bonchev–Trinajstić information content (AvgIpc) is 3.07. The summed E-state index contributed by atoms with van der Waals surface area (Å²) >= 11 is 3.61. The molecule has 0 aliphatic carbocycles. The standard InChI is InChI=1S/C40H30BrFN2/c41-36-18-9-17-34(24-36)40-27-35(26-39(44-40)30-13-5-2-6-14-30)32-16-8-15-31(23-32)33(21-20-28-10-7-19-37(42)22-28)25-38(43)29-11-3-1-4-12-29/h1-19,21-27H,20,43H2/b33-21+,38-25-. The summed E-state index contributed by atoms with van der Waals surface area (Å²) in [4.78, 5) is 5.05. The Morgan fingerprint density at radius 1 is 0.614 bits per heavy atom. The van der Waals surface area contributed by atoms with E-state index < -0.39 is 0 Å². The molecule has 0 saturated heterocycles. The van der Waals surface area contributed by atoms with Crippen LogP contribution in [0.15, 0.2) is 162 Å². The number of hydrogen-bond acceptors (Lipinski definition) is 2. The van der Waals surface area contributed by atoms with Crippen LogP contribution >= 0.6 is 15.9 Å². The van der Waals surface area contributed by atoms with E-state index in [1.54, 1.807) is 12.1 Å². The van der Waals surface area contributed by atoms with Crippen LogP contribution < -0.4 is 5.73 Å². The Morgan fingerprint density at radius 2 is 1.25 bits per heavy atom. The van der Waals surface area contributed by atoms with Crippen molar-refractivity contribution in [2.45, 2.75) is 6.42 Å². The fraction of sp³-hybridized carbons (Fsp3) is 0.0250. The largest absolute Gasteiger partial charge is 0.398 e. The van der Waals surface area contributed by atoms with Gasteiger partial charge in [0.2, 0.25) is 0 Å². The third-order valence-corrected chi connectivity index (χ3v) is 7.90. The van der Waals surface area contributed by atoms with E-state index in [2.05, 4.69) is 82.7 Å². The smallest absolute Gasteiger partial charge is 0.123 e. The lowest BCUT2D eigenvalue weighted by molar-refractivity contribution is 0.626. The van der Waals surface area contributed by atoms with Crippen molar-refractivity contribution in [2.75, 3.05) is 0 Å². The Kier molecular flexibility index (Phi) is 8.90. The summed E-state index contributed by atoms with van der Waals surface area (Å²) in [6, 6.07) is 47.8. The highest BCUT2D eigenvalue weighted by Gasteiger charge is 2.11. The Hall–Kier alpha value is -5.06. The highest BCUT2D eigenvalue weighted by molar-refractivity contribution is 9.10. The second-order valence-corrected chi connectivity index (χ2v) is 11.5. The molecule has 2 N–H and O–H groups in total. The molecular formula is C40H30BrFN2. The summed E-state index contributed by atoms with van der Waals surface area (Å²) in [5.74, 6) is -0.244. The van der Waals surface area contributed by atoms with Crippen molar-refractivity contribution in [1.82, 2.24) is 4.98 Å². The van der Waals surface area contributed by atoms with Crippen molar-refractivity contribution < 1.29 is 4.39 Å².